The molecule has 104 valence electrons. The molecule has 3 fully saturated rings. The molecule has 1 saturated heterocycles. The maximum absolute atomic E-state index is 3.70. The van der Waals surface area contributed by atoms with E-state index >= 15 is 0 Å². The summed E-state index contributed by atoms with van der Waals surface area (Å²) in [5.74, 6) is 2.06. The summed E-state index contributed by atoms with van der Waals surface area (Å²) in [7, 11) is 0. The molecule has 1 heterocycles. The van der Waals surface area contributed by atoms with Gasteiger partial charge in [-0.3, -0.25) is 0 Å². The summed E-state index contributed by atoms with van der Waals surface area (Å²) in [6.07, 6.45) is 13.5. The molecule has 3 aliphatic rings. The van der Waals surface area contributed by atoms with Crippen molar-refractivity contribution >= 4 is 0 Å². The van der Waals surface area contributed by atoms with Crippen LogP contribution in [0.25, 0.3) is 0 Å². The Bertz CT molecular complexity index is 278. The van der Waals surface area contributed by atoms with Crippen LogP contribution in [0.15, 0.2) is 0 Å². The third kappa shape index (κ3) is 2.35. The first-order valence-electron chi connectivity index (χ1n) is 8.32. The minimum absolute atomic E-state index is 0.621. The second-order valence-electron chi connectivity index (χ2n) is 8.13. The fraction of sp³-hybridized carbons (Fsp3) is 1.00. The summed E-state index contributed by atoms with van der Waals surface area (Å²) in [5, 5.41) is 3.70. The Kier molecular flexibility index (Phi) is 3.47. The molecule has 0 bridgehead atoms. The Balaban J connectivity index is 1.74. The first kappa shape index (κ1) is 13.0. The fourth-order valence-electron chi connectivity index (χ4n) is 5.07. The van der Waals surface area contributed by atoms with E-state index in [0.29, 0.717) is 5.41 Å². The zero-order valence-electron chi connectivity index (χ0n) is 12.4. The molecule has 2 aliphatic carbocycles. The van der Waals surface area contributed by atoms with E-state index in [2.05, 4.69) is 19.2 Å². The Morgan fingerprint density at radius 3 is 2.22 bits per heavy atom. The molecule has 0 aromatic heterocycles. The van der Waals surface area contributed by atoms with Gasteiger partial charge in [0.15, 0.2) is 0 Å². The highest BCUT2D eigenvalue weighted by Gasteiger charge is 2.47. The van der Waals surface area contributed by atoms with E-state index in [1.165, 1.54) is 70.9 Å². The summed E-state index contributed by atoms with van der Waals surface area (Å²) in [6.45, 7) is 7.56. The van der Waals surface area contributed by atoms with E-state index in [0.717, 1.165) is 17.3 Å². The smallest absolute Gasteiger partial charge is 0.00125 e. The van der Waals surface area contributed by atoms with Gasteiger partial charge in [-0.05, 0) is 67.9 Å². The van der Waals surface area contributed by atoms with Gasteiger partial charge in [-0.25, -0.2) is 0 Å². The Morgan fingerprint density at radius 1 is 0.889 bits per heavy atom. The van der Waals surface area contributed by atoms with Gasteiger partial charge in [0, 0.05) is 0 Å². The lowest BCUT2D eigenvalue weighted by molar-refractivity contribution is -0.00902. The van der Waals surface area contributed by atoms with Gasteiger partial charge in [0.2, 0.25) is 0 Å². The van der Waals surface area contributed by atoms with E-state index < -0.39 is 0 Å². The number of nitrogens with one attached hydrogen (secondary N) is 1. The zero-order chi connectivity index (χ0) is 12.6. The Labute approximate surface area is 113 Å². The largest absolute Gasteiger partial charge is 0.316 e. The van der Waals surface area contributed by atoms with Crippen LogP contribution in [0.1, 0.15) is 71.6 Å². The van der Waals surface area contributed by atoms with E-state index in [1.54, 1.807) is 0 Å². The minimum atomic E-state index is 0.621. The average Bonchev–Trinajstić information content (AvgIpc) is 2.88. The van der Waals surface area contributed by atoms with E-state index in [1.807, 2.05) is 0 Å². The standard InChI is InChI=1S/C17H31N/c1-16(2)7-9-17(10-8-16)11-12-18-13-15(17)14-5-3-4-6-14/h14-15,18H,3-13H2,1-2H3. The van der Waals surface area contributed by atoms with Crippen LogP contribution in [0.5, 0.6) is 0 Å². The highest BCUT2D eigenvalue weighted by atomic mass is 14.9. The van der Waals surface area contributed by atoms with E-state index in [4.69, 9.17) is 0 Å². The Morgan fingerprint density at radius 2 is 1.56 bits per heavy atom. The molecule has 1 atom stereocenters. The van der Waals surface area contributed by atoms with Crippen molar-refractivity contribution in [3.05, 3.63) is 0 Å². The van der Waals surface area contributed by atoms with Crippen LogP contribution in [-0.4, -0.2) is 13.1 Å². The maximum atomic E-state index is 3.70. The number of piperidine rings is 1. The molecule has 0 amide bonds. The first-order chi connectivity index (χ1) is 8.61. The first-order valence-corrected chi connectivity index (χ1v) is 8.32. The molecule has 18 heavy (non-hydrogen) atoms. The maximum Gasteiger partial charge on any atom is -0.00125 e. The molecule has 1 N–H and O–H groups in total. The molecule has 0 aromatic carbocycles. The van der Waals surface area contributed by atoms with Crippen molar-refractivity contribution in [2.75, 3.05) is 13.1 Å². The zero-order valence-corrected chi connectivity index (χ0v) is 12.4. The molecule has 0 aromatic rings. The third-order valence-electron chi connectivity index (χ3n) is 6.52. The molecule has 3 rings (SSSR count). The lowest BCUT2D eigenvalue weighted by Gasteiger charge is -2.52. The van der Waals surface area contributed by atoms with Gasteiger partial charge < -0.3 is 5.32 Å². The quantitative estimate of drug-likeness (QED) is 0.727. The number of hydrogen-bond acceptors (Lipinski definition) is 1. The highest BCUT2D eigenvalue weighted by Crippen LogP contribution is 2.55. The van der Waals surface area contributed by atoms with Gasteiger partial charge >= 0.3 is 0 Å². The van der Waals surface area contributed by atoms with Crippen molar-refractivity contribution in [3.8, 4) is 0 Å². The molecule has 1 nitrogen and oxygen atoms in total. The summed E-state index contributed by atoms with van der Waals surface area (Å²) >= 11 is 0. The van der Waals surface area contributed by atoms with Crippen molar-refractivity contribution in [1.29, 1.82) is 0 Å². The fourth-order valence-corrected chi connectivity index (χ4v) is 5.07. The number of rotatable bonds is 1. The van der Waals surface area contributed by atoms with Crippen molar-refractivity contribution in [2.24, 2.45) is 22.7 Å². The Hall–Kier alpha value is -0.0400. The molecule has 1 spiro atoms. The molecule has 1 unspecified atom stereocenters. The van der Waals surface area contributed by atoms with Gasteiger partial charge in [0.05, 0.1) is 0 Å². The molecular formula is C17H31N. The van der Waals surface area contributed by atoms with Crippen LogP contribution in [0, 0.1) is 22.7 Å². The molecular weight excluding hydrogens is 218 g/mol. The highest BCUT2D eigenvalue weighted by molar-refractivity contribution is 4.99. The van der Waals surface area contributed by atoms with Crippen molar-refractivity contribution in [2.45, 2.75) is 71.6 Å². The topological polar surface area (TPSA) is 12.0 Å². The van der Waals surface area contributed by atoms with E-state index in [9.17, 15) is 0 Å². The van der Waals surface area contributed by atoms with Gasteiger partial charge in [-0.1, -0.05) is 39.5 Å². The summed E-state index contributed by atoms with van der Waals surface area (Å²) in [4.78, 5) is 0. The molecule has 1 aliphatic heterocycles. The van der Waals surface area contributed by atoms with Crippen molar-refractivity contribution < 1.29 is 0 Å². The van der Waals surface area contributed by atoms with Crippen molar-refractivity contribution in [1.82, 2.24) is 5.32 Å². The van der Waals surface area contributed by atoms with Crippen LogP contribution in [-0.2, 0) is 0 Å². The summed E-state index contributed by atoms with van der Waals surface area (Å²) < 4.78 is 0. The van der Waals surface area contributed by atoms with Gasteiger partial charge in [-0.2, -0.15) is 0 Å². The summed E-state index contributed by atoms with van der Waals surface area (Å²) in [5.41, 5.74) is 1.35. The minimum Gasteiger partial charge on any atom is -0.316 e. The van der Waals surface area contributed by atoms with Gasteiger partial charge in [0.25, 0.3) is 0 Å². The summed E-state index contributed by atoms with van der Waals surface area (Å²) in [6, 6.07) is 0. The lowest BCUT2D eigenvalue weighted by Crippen LogP contribution is -2.50. The predicted molar refractivity (Wildman–Crippen MR) is 77.6 cm³/mol. The third-order valence-corrected chi connectivity index (χ3v) is 6.52. The van der Waals surface area contributed by atoms with E-state index in [-0.39, 0.29) is 0 Å². The van der Waals surface area contributed by atoms with Gasteiger partial charge in [0.1, 0.15) is 0 Å². The van der Waals surface area contributed by atoms with Gasteiger partial charge in [-0.15, -0.1) is 0 Å². The van der Waals surface area contributed by atoms with Crippen molar-refractivity contribution in [3.63, 3.8) is 0 Å². The average molecular weight is 249 g/mol. The van der Waals surface area contributed by atoms with Crippen LogP contribution in [0.2, 0.25) is 0 Å². The normalized spacial score (nSPS) is 36.0. The second kappa shape index (κ2) is 4.81. The van der Waals surface area contributed by atoms with Crippen LogP contribution in [0.3, 0.4) is 0 Å². The molecule has 2 saturated carbocycles. The molecule has 1 heteroatoms. The number of hydrogen-bond donors (Lipinski definition) is 1. The predicted octanol–water partition coefficient (Wildman–Crippen LogP) is 4.37. The second-order valence-corrected chi connectivity index (χ2v) is 8.13. The SMILES string of the molecule is CC1(C)CCC2(CCNCC2C2CCCC2)CC1. The lowest BCUT2D eigenvalue weighted by atomic mass is 9.55. The molecule has 0 radical (unpaired) electrons. The van der Waals surface area contributed by atoms with Crippen LogP contribution >= 0.6 is 0 Å². The van der Waals surface area contributed by atoms with Crippen LogP contribution < -0.4 is 5.32 Å². The monoisotopic (exact) mass is 249 g/mol. The van der Waals surface area contributed by atoms with Crippen LogP contribution in [0.4, 0.5) is 0 Å².